The number of benzene rings is 1. The number of aryl methyl sites for hydroxylation is 2. The van der Waals surface area contributed by atoms with Crippen molar-refractivity contribution in [3.05, 3.63) is 45.4 Å². The predicted molar refractivity (Wildman–Crippen MR) is 90.9 cm³/mol. The molecule has 1 aromatic heterocycles. The Hall–Kier alpha value is -2.21. The number of nitrogens with one attached hydrogen (secondary N) is 2. The first-order chi connectivity index (χ1) is 11.0. The first-order valence-corrected chi connectivity index (χ1v) is 8.46. The summed E-state index contributed by atoms with van der Waals surface area (Å²) < 4.78 is 0. The van der Waals surface area contributed by atoms with Crippen molar-refractivity contribution >= 4 is 28.8 Å². The molecular weight excluding hydrogens is 310 g/mol. The Morgan fingerprint density at radius 3 is 2.48 bits per heavy atom. The van der Waals surface area contributed by atoms with E-state index >= 15 is 0 Å². The molecule has 5 nitrogen and oxygen atoms in total. The first kappa shape index (κ1) is 15.7. The second kappa shape index (κ2) is 6.50. The number of hydrogen-bond donors (Lipinski definition) is 2. The minimum atomic E-state index is -0.146. The summed E-state index contributed by atoms with van der Waals surface area (Å²) in [5.74, 6) is -0.0904. The summed E-state index contributed by atoms with van der Waals surface area (Å²) in [6.07, 6.45) is 2.55. The van der Waals surface area contributed by atoms with Crippen LogP contribution < -0.4 is 10.6 Å². The van der Waals surface area contributed by atoms with Crippen molar-refractivity contribution in [1.29, 1.82) is 0 Å². The molecule has 0 unspecified atom stereocenters. The van der Waals surface area contributed by atoms with Crippen LogP contribution in [0.1, 0.15) is 38.8 Å². The van der Waals surface area contributed by atoms with E-state index in [1.807, 2.05) is 38.1 Å². The largest absolute Gasteiger partial charge is 0.353 e. The summed E-state index contributed by atoms with van der Waals surface area (Å²) in [5, 5.41) is 6.71. The summed E-state index contributed by atoms with van der Waals surface area (Å²) in [5.41, 5.74) is 2.40. The molecule has 23 heavy (non-hydrogen) atoms. The summed E-state index contributed by atoms with van der Waals surface area (Å²) >= 11 is 1.39. The smallest absolute Gasteiger partial charge is 0.267 e. The molecule has 1 aliphatic rings. The highest BCUT2D eigenvalue weighted by Crippen LogP contribution is 2.20. The molecule has 3 rings (SSSR count). The molecule has 0 bridgehead atoms. The molecule has 1 saturated carbocycles. The van der Waals surface area contributed by atoms with E-state index in [2.05, 4.69) is 15.6 Å². The van der Waals surface area contributed by atoms with Crippen molar-refractivity contribution < 1.29 is 9.59 Å². The van der Waals surface area contributed by atoms with Gasteiger partial charge in [0.2, 0.25) is 5.91 Å². The molecule has 1 heterocycles. The number of thiazole rings is 1. The quantitative estimate of drug-likeness (QED) is 0.886. The molecule has 1 fully saturated rings. The topological polar surface area (TPSA) is 71.1 Å². The molecule has 2 N–H and O–H groups in total. The van der Waals surface area contributed by atoms with Crippen LogP contribution in [0.2, 0.25) is 0 Å². The summed E-state index contributed by atoms with van der Waals surface area (Å²) in [4.78, 5) is 28.9. The maximum absolute atomic E-state index is 12.2. The minimum absolute atomic E-state index is 0.0556. The number of aromatic nitrogens is 1. The highest BCUT2D eigenvalue weighted by Gasteiger charge is 2.23. The van der Waals surface area contributed by atoms with Gasteiger partial charge in [-0.25, -0.2) is 4.98 Å². The third-order valence-corrected chi connectivity index (χ3v) is 4.70. The van der Waals surface area contributed by atoms with Crippen LogP contribution in [0.5, 0.6) is 0 Å². The van der Waals surface area contributed by atoms with E-state index in [4.69, 9.17) is 0 Å². The van der Waals surface area contributed by atoms with Crippen molar-refractivity contribution in [2.45, 2.75) is 39.2 Å². The van der Waals surface area contributed by atoms with E-state index in [-0.39, 0.29) is 11.8 Å². The maximum atomic E-state index is 12.2. The van der Waals surface area contributed by atoms with Gasteiger partial charge in [0.05, 0.1) is 17.1 Å². The third kappa shape index (κ3) is 4.16. The normalized spacial score (nSPS) is 13.7. The Labute approximate surface area is 139 Å². The number of carbonyl (C=O) groups excluding carboxylic acids is 2. The highest BCUT2D eigenvalue weighted by molar-refractivity contribution is 7.13. The van der Waals surface area contributed by atoms with E-state index < -0.39 is 0 Å². The van der Waals surface area contributed by atoms with Crippen molar-refractivity contribution in [2.75, 3.05) is 5.32 Å². The average Bonchev–Trinajstić information content (AvgIpc) is 3.23. The van der Waals surface area contributed by atoms with Gasteiger partial charge in [-0.15, -0.1) is 11.3 Å². The lowest BCUT2D eigenvalue weighted by Crippen LogP contribution is -2.26. The van der Waals surface area contributed by atoms with Gasteiger partial charge in [0.15, 0.2) is 0 Å². The molecule has 120 valence electrons. The second-order valence-corrected chi connectivity index (χ2v) is 7.02. The molecular formula is C17H19N3O2S. The lowest BCUT2D eigenvalue weighted by Gasteiger charge is -2.06. The van der Waals surface area contributed by atoms with E-state index in [0.29, 0.717) is 23.0 Å². The molecule has 1 aromatic carbocycles. The number of rotatable bonds is 5. The van der Waals surface area contributed by atoms with Crippen molar-refractivity contribution in [3.63, 3.8) is 0 Å². The van der Waals surface area contributed by atoms with Gasteiger partial charge in [-0.3, -0.25) is 9.59 Å². The second-order valence-electron chi connectivity index (χ2n) is 5.82. The van der Waals surface area contributed by atoms with Crippen LogP contribution in [0.3, 0.4) is 0 Å². The maximum Gasteiger partial charge on any atom is 0.267 e. The van der Waals surface area contributed by atoms with E-state index in [0.717, 1.165) is 29.1 Å². The van der Waals surface area contributed by atoms with Gasteiger partial charge in [0.25, 0.3) is 5.91 Å². The molecule has 0 radical (unpaired) electrons. The molecule has 2 amide bonds. The van der Waals surface area contributed by atoms with Gasteiger partial charge >= 0.3 is 0 Å². The zero-order chi connectivity index (χ0) is 16.4. The first-order valence-electron chi connectivity index (χ1n) is 7.65. The minimum Gasteiger partial charge on any atom is -0.353 e. The number of hydrogen-bond acceptors (Lipinski definition) is 4. The number of nitrogens with zero attached hydrogens (tertiary/aromatic N) is 1. The van der Waals surface area contributed by atoms with Crippen LogP contribution in [-0.2, 0) is 11.2 Å². The van der Waals surface area contributed by atoms with Crippen molar-refractivity contribution in [2.24, 2.45) is 0 Å². The average molecular weight is 329 g/mol. The Morgan fingerprint density at radius 1 is 1.22 bits per heavy atom. The third-order valence-electron chi connectivity index (χ3n) is 3.63. The fraction of sp³-hybridized carbons (Fsp3) is 0.353. The molecule has 0 atom stereocenters. The monoisotopic (exact) mass is 329 g/mol. The van der Waals surface area contributed by atoms with Gasteiger partial charge in [0, 0.05) is 11.7 Å². The number of carbonyl (C=O) groups is 2. The van der Waals surface area contributed by atoms with Gasteiger partial charge in [-0.2, -0.15) is 0 Å². The fourth-order valence-electron chi connectivity index (χ4n) is 2.33. The Balaban J connectivity index is 1.59. The van der Waals surface area contributed by atoms with Crippen molar-refractivity contribution in [1.82, 2.24) is 10.3 Å². The standard InChI is InChI=1S/C17H19N3O2S/c1-10-16(23-11(2)18-10)17(22)20-14-5-3-12(4-6-14)9-15(21)19-13-7-8-13/h3-6,13H,7-9H2,1-2H3,(H,19,21)(H,20,22). The number of anilines is 1. The van der Waals surface area contributed by atoms with E-state index in [1.54, 1.807) is 0 Å². The zero-order valence-electron chi connectivity index (χ0n) is 13.2. The molecule has 0 aliphatic heterocycles. The van der Waals surface area contributed by atoms with Crippen LogP contribution in [-0.4, -0.2) is 22.8 Å². The van der Waals surface area contributed by atoms with Crippen LogP contribution in [0.15, 0.2) is 24.3 Å². The highest BCUT2D eigenvalue weighted by atomic mass is 32.1. The van der Waals surface area contributed by atoms with Gasteiger partial charge in [0.1, 0.15) is 4.88 Å². The van der Waals surface area contributed by atoms with Crippen LogP contribution in [0.4, 0.5) is 5.69 Å². The summed E-state index contributed by atoms with van der Waals surface area (Å²) in [7, 11) is 0. The lowest BCUT2D eigenvalue weighted by molar-refractivity contribution is -0.120. The summed E-state index contributed by atoms with van der Waals surface area (Å²) in [6, 6.07) is 7.76. The predicted octanol–water partition coefficient (Wildman–Crippen LogP) is 2.83. The lowest BCUT2D eigenvalue weighted by atomic mass is 10.1. The SMILES string of the molecule is Cc1nc(C)c(C(=O)Nc2ccc(CC(=O)NC3CC3)cc2)s1. The van der Waals surface area contributed by atoms with Gasteiger partial charge in [-0.05, 0) is 44.4 Å². The Morgan fingerprint density at radius 2 is 1.91 bits per heavy atom. The van der Waals surface area contributed by atoms with Gasteiger partial charge in [-0.1, -0.05) is 12.1 Å². The Bertz CT molecular complexity index is 733. The van der Waals surface area contributed by atoms with Crippen LogP contribution >= 0.6 is 11.3 Å². The Kier molecular flexibility index (Phi) is 4.43. The van der Waals surface area contributed by atoms with Crippen LogP contribution in [0, 0.1) is 13.8 Å². The summed E-state index contributed by atoms with van der Waals surface area (Å²) in [6.45, 7) is 3.72. The van der Waals surface area contributed by atoms with Gasteiger partial charge < -0.3 is 10.6 Å². The number of amides is 2. The fourth-order valence-corrected chi connectivity index (χ4v) is 3.14. The van der Waals surface area contributed by atoms with E-state index in [1.165, 1.54) is 11.3 Å². The molecule has 2 aromatic rings. The molecule has 0 saturated heterocycles. The zero-order valence-corrected chi connectivity index (χ0v) is 14.0. The van der Waals surface area contributed by atoms with Crippen LogP contribution in [0.25, 0.3) is 0 Å². The molecule has 1 aliphatic carbocycles. The molecule has 6 heteroatoms. The van der Waals surface area contributed by atoms with Crippen molar-refractivity contribution in [3.8, 4) is 0 Å². The van der Waals surface area contributed by atoms with E-state index in [9.17, 15) is 9.59 Å². The molecule has 0 spiro atoms.